The molecule has 0 saturated carbocycles. The number of nitrogens with zero attached hydrogens (tertiary/aromatic N) is 2. The first-order valence-corrected chi connectivity index (χ1v) is 8.96. The highest BCUT2D eigenvalue weighted by molar-refractivity contribution is 7.99. The molecule has 0 saturated heterocycles. The number of thioether (sulfide) groups is 1. The molecule has 8 heteroatoms. The van der Waals surface area contributed by atoms with E-state index in [0.29, 0.717) is 13.1 Å². The van der Waals surface area contributed by atoms with Gasteiger partial charge in [-0.05, 0) is 25.6 Å². The molecule has 1 atom stereocenters. The van der Waals surface area contributed by atoms with Crippen LogP contribution >= 0.6 is 11.8 Å². The summed E-state index contributed by atoms with van der Waals surface area (Å²) < 4.78 is 28.4. The second-order valence-electron chi connectivity index (χ2n) is 4.26. The molecule has 0 amide bonds. The van der Waals surface area contributed by atoms with Crippen molar-refractivity contribution in [3.63, 3.8) is 0 Å². The van der Waals surface area contributed by atoms with Crippen molar-refractivity contribution >= 4 is 21.8 Å². The zero-order valence-corrected chi connectivity index (χ0v) is 13.0. The van der Waals surface area contributed by atoms with Gasteiger partial charge in [0.25, 0.3) is 0 Å². The van der Waals surface area contributed by atoms with Gasteiger partial charge >= 0.3 is 0 Å². The van der Waals surface area contributed by atoms with Crippen LogP contribution in [0.15, 0.2) is 17.3 Å². The van der Waals surface area contributed by atoms with Gasteiger partial charge in [0.15, 0.2) is 0 Å². The average Bonchev–Trinajstić information content (AvgIpc) is 2.83. The number of sulfonamides is 1. The molecular formula is C11H22N4O2S2. The van der Waals surface area contributed by atoms with Crippen molar-refractivity contribution in [1.82, 2.24) is 14.5 Å². The summed E-state index contributed by atoms with van der Waals surface area (Å²) in [7, 11) is -3.47. The van der Waals surface area contributed by atoms with Gasteiger partial charge in [-0.2, -0.15) is 16.9 Å². The van der Waals surface area contributed by atoms with Crippen molar-refractivity contribution in [2.45, 2.75) is 37.8 Å². The minimum atomic E-state index is -3.47. The average molecular weight is 306 g/mol. The topological polar surface area (TPSA) is 90.0 Å². The Morgan fingerprint density at radius 3 is 2.95 bits per heavy atom. The Balaban J connectivity index is 2.63. The third-order valence-electron chi connectivity index (χ3n) is 2.44. The lowest BCUT2D eigenvalue weighted by Crippen LogP contribution is -2.34. The van der Waals surface area contributed by atoms with Crippen LogP contribution in [0.2, 0.25) is 0 Å². The molecule has 0 aliphatic heterocycles. The minimum absolute atomic E-state index is 0.0951. The molecule has 0 spiro atoms. The maximum atomic E-state index is 12.1. The van der Waals surface area contributed by atoms with Crippen LogP contribution in [-0.4, -0.2) is 42.3 Å². The summed E-state index contributed by atoms with van der Waals surface area (Å²) >= 11 is 1.71. The predicted octanol–water partition coefficient (Wildman–Crippen LogP) is 0.652. The van der Waals surface area contributed by atoms with E-state index >= 15 is 0 Å². The smallest absolute Gasteiger partial charge is 0.243 e. The largest absolute Gasteiger partial charge is 0.330 e. The minimum Gasteiger partial charge on any atom is -0.330 e. The van der Waals surface area contributed by atoms with Crippen molar-refractivity contribution in [1.29, 1.82) is 0 Å². The van der Waals surface area contributed by atoms with Gasteiger partial charge in [-0.1, -0.05) is 6.92 Å². The molecule has 0 aliphatic carbocycles. The molecule has 1 unspecified atom stereocenters. The Kier molecular flexibility index (Phi) is 6.84. The van der Waals surface area contributed by atoms with E-state index in [1.54, 1.807) is 16.4 Å². The van der Waals surface area contributed by atoms with Gasteiger partial charge in [-0.15, -0.1) is 0 Å². The monoisotopic (exact) mass is 306 g/mol. The number of aromatic nitrogens is 2. The molecule has 0 radical (unpaired) electrons. The molecule has 0 fully saturated rings. The third-order valence-corrected chi connectivity index (χ3v) is 5.13. The van der Waals surface area contributed by atoms with Crippen LogP contribution < -0.4 is 10.5 Å². The summed E-state index contributed by atoms with van der Waals surface area (Å²) in [6, 6.07) is -0.0951. The number of nitrogens with one attached hydrogen (secondary N) is 1. The van der Waals surface area contributed by atoms with Crippen LogP contribution in [0.4, 0.5) is 0 Å². The summed E-state index contributed by atoms with van der Waals surface area (Å²) in [6.45, 7) is 5.10. The van der Waals surface area contributed by atoms with E-state index in [1.165, 1.54) is 12.4 Å². The molecule has 1 aromatic heterocycles. The highest BCUT2D eigenvalue weighted by Gasteiger charge is 2.19. The number of nitrogens with two attached hydrogens (primary N) is 1. The summed E-state index contributed by atoms with van der Waals surface area (Å²) in [5.74, 6) is 1.74. The molecule has 1 heterocycles. The Labute approximate surface area is 119 Å². The van der Waals surface area contributed by atoms with Gasteiger partial charge in [-0.3, -0.25) is 4.68 Å². The lowest BCUT2D eigenvalue weighted by molar-refractivity contribution is 0.568. The van der Waals surface area contributed by atoms with Crippen molar-refractivity contribution in [2.24, 2.45) is 5.73 Å². The first-order chi connectivity index (χ1) is 8.99. The van der Waals surface area contributed by atoms with E-state index < -0.39 is 10.0 Å². The summed E-state index contributed by atoms with van der Waals surface area (Å²) in [5, 5.41) is 4.03. The first kappa shape index (κ1) is 16.5. The Morgan fingerprint density at radius 2 is 2.32 bits per heavy atom. The van der Waals surface area contributed by atoms with Gasteiger partial charge in [0.05, 0.1) is 6.20 Å². The van der Waals surface area contributed by atoms with Crippen molar-refractivity contribution in [3.05, 3.63) is 12.4 Å². The summed E-state index contributed by atoms with van der Waals surface area (Å²) in [5.41, 5.74) is 5.41. The fraction of sp³-hybridized carbons (Fsp3) is 0.727. The number of rotatable bonds is 9. The van der Waals surface area contributed by atoms with Gasteiger partial charge < -0.3 is 5.73 Å². The van der Waals surface area contributed by atoms with Gasteiger partial charge in [0, 0.05) is 24.5 Å². The molecule has 0 aliphatic rings. The molecular weight excluding hydrogens is 284 g/mol. The van der Waals surface area contributed by atoms with Crippen LogP contribution in [-0.2, 0) is 16.6 Å². The van der Waals surface area contributed by atoms with E-state index in [1.807, 2.05) is 13.8 Å². The fourth-order valence-corrected chi connectivity index (χ4v) is 3.49. The molecule has 0 bridgehead atoms. The van der Waals surface area contributed by atoms with E-state index in [0.717, 1.165) is 17.9 Å². The Morgan fingerprint density at radius 1 is 1.58 bits per heavy atom. The molecule has 0 aromatic carbocycles. The second kappa shape index (κ2) is 7.88. The van der Waals surface area contributed by atoms with E-state index in [-0.39, 0.29) is 10.9 Å². The SMILES string of the molecule is CCSCC(C)NS(=O)(=O)c1cnn(CCCN)c1. The standard InChI is InChI=1S/C11H22N4O2S2/c1-3-18-9-10(2)14-19(16,17)11-7-13-15(8-11)6-4-5-12/h7-8,10,14H,3-6,9,12H2,1-2H3. The van der Waals surface area contributed by atoms with Gasteiger partial charge in [0.2, 0.25) is 10.0 Å². The van der Waals surface area contributed by atoms with E-state index in [9.17, 15) is 8.42 Å². The maximum Gasteiger partial charge on any atom is 0.243 e. The van der Waals surface area contributed by atoms with Crippen molar-refractivity contribution in [3.8, 4) is 0 Å². The normalized spacial score (nSPS) is 13.6. The number of hydrogen-bond donors (Lipinski definition) is 2. The van der Waals surface area contributed by atoms with Crippen LogP contribution in [0.25, 0.3) is 0 Å². The highest BCUT2D eigenvalue weighted by Crippen LogP contribution is 2.10. The second-order valence-corrected chi connectivity index (χ2v) is 7.30. The fourth-order valence-electron chi connectivity index (χ4n) is 1.52. The summed E-state index contributed by atoms with van der Waals surface area (Å²) in [6.07, 6.45) is 3.69. The first-order valence-electron chi connectivity index (χ1n) is 6.32. The van der Waals surface area contributed by atoms with Crippen LogP contribution in [0.5, 0.6) is 0 Å². The van der Waals surface area contributed by atoms with Crippen LogP contribution in [0.3, 0.4) is 0 Å². The highest BCUT2D eigenvalue weighted by atomic mass is 32.2. The Hall–Kier alpha value is -0.570. The zero-order valence-electron chi connectivity index (χ0n) is 11.4. The quantitative estimate of drug-likeness (QED) is 0.699. The van der Waals surface area contributed by atoms with Crippen LogP contribution in [0, 0.1) is 0 Å². The molecule has 6 nitrogen and oxygen atoms in total. The molecule has 110 valence electrons. The van der Waals surface area contributed by atoms with Gasteiger partial charge in [-0.25, -0.2) is 13.1 Å². The van der Waals surface area contributed by atoms with Crippen molar-refractivity contribution < 1.29 is 8.42 Å². The maximum absolute atomic E-state index is 12.1. The molecule has 1 aromatic rings. The zero-order chi connectivity index (χ0) is 14.3. The van der Waals surface area contributed by atoms with Crippen LogP contribution in [0.1, 0.15) is 20.3 Å². The van der Waals surface area contributed by atoms with Gasteiger partial charge in [0.1, 0.15) is 4.90 Å². The molecule has 1 rings (SSSR count). The summed E-state index contributed by atoms with van der Waals surface area (Å²) in [4.78, 5) is 0.206. The molecule has 19 heavy (non-hydrogen) atoms. The van der Waals surface area contributed by atoms with Crippen molar-refractivity contribution in [2.75, 3.05) is 18.1 Å². The lowest BCUT2D eigenvalue weighted by atomic mass is 10.4. The molecule has 3 N–H and O–H groups in total. The predicted molar refractivity (Wildman–Crippen MR) is 78.7 cm³/mol. The lowest BCUT2D eigenvalue weighted by Gasteiger charge is -2.12. The Bertz CT molecular complexity index is 473. The van der Waals surface area contributed by atoms with E-state index in [4.69, 9.17) is 5.73 Å². The van der Waals surface area contributed by atoms with E-state index in [2.05, 4.69) is 9.82 Å². The number of hydrogen-bond acceptors (Lipinski definition) is 5. The third kappa shape index (κ3) is 5.52. The number of aryl methyl sites for hydroxylation is 1.